The summed E-state index contributed by atoms with van der Waals surface area (Å²) in [6, 6.07) is 77.1. The first-order valence-corrected chi connectivity index (χ1v) is 19.9. The number of allylic oxidation sites excluding steroid dienone is 4. The van der Waals surface area contributed by atoms with Crippen LogP contribution in [0, 0.1) is 0 Å². The fraction of sp³-hybridized carbons (Fsp3) is 0.0357. The number of anilines is 3. The van der Waals surface area contributed by atoms with E-state index < -0.39 is 0 Å². The third-order valence-electron chi connectivity index (χ3n) is 11.4. The molecule has 1 aliphatic carbocycles. The number of hydrogen-bond donors (Lipinski definition) is 0. The van der Waals surface area contributed by atoms with Crippen LogP contribution in [0.2, 0.25) is 0 Å². The predicted octanol–water partition coefficient (Wildman–Crippen LogP) is 15.6. The van der Waals surface area contributed by atoms with Crippen LogP contribution in [-0.4, -0.2) is 0 Å². The van der Waals surface area contributed by atoms with Crippen molar-refractivity contribution < 1.29 is 0 Å². The summed E-state index contributed by atoms with van der Waals surface area (Å²) in [6.45, 7) is 0. The summed E-state index contributed by atoms with van der Waals surface area (Å²) >= 11 is 0. The molecular formula is C56H41N. The van der Waals surface area contributed by atoms with Crippen LogP contribution in [0.1, 0.15) is 23.5 Å². The molecule has 0 bridgehead atoms. The highest BCUT2D eigenvalue weighted by atomic mass is 15.1. The van der Waals surface area contributed by atoms with Gasteiger partial charge < -0.3 is 4.90 Å². The maximum atomic E-state index is 2.38. The minimum absolute atomic E-state index is 0.420. The van der Waals surface area contributed by atoms with Gasteiger partial charge in [-0.3, -0.25) is 0 Å². The van der Waals surface area contributed by atoms with Gasteiger partial charge >= 0.3 is 0 Å². The van der Waals surface area contributed by atoms with Crippen LogP contribution < -0.4 is 4.90 Å². The number of rotatable bonds is 8. The van der Waals surface area contributed by atoms with Gasteiger partial charge in [-0.1, -0.05) is 188 Å². The van der Waals surface area contributed by atoms with Gasteiger partial charge in [0.15, 0.2) is 0 Å². The van der Waals surface area contributed by atoms with Gasteiger partial charge in [0.2, 0.25) is 0 Å². The highest BCUT2D eigenvalue weighted by Crippen LogP contribution is 2.43. The highest BCUT2D eigenvalue weighted by molar-refractivity contribution is 6.17. The van der Waals surface area contributed by atoms with Gasteiger partial charge in [0.05, 0.1) is 0 Å². The van der Waals surface area contributed by atoms with E-state index in [1.165, 1.54) is 71.6 Å². The Kier molecular flexibility index (Phi) is 9.10. The van der Waals surface area contributed by atoms with Gasteiger partial charge in [-0.15, -0.1) is 0 Å². The number of nitrogens with zero attached hydrogens (tertiary/aromatic N) is 1. The lowest BCUT2D eigenvalue weighted by Gasteiger charge is -2.26. The summed E-state index contributed by atoms with van der Waals surface area (Å²) in [4.78, 5) is 2.37. The summed E-state index contributed by atoms with van der Waals surface area (Å²) in [5.74, 6) is 0.420. The van der Waals surface area contributed by atoms with Crippen molar-refractivity contribution in [1.29, 1.82) is 0 Å². The largest absolute Gasteiger partial charge is 0.311 e. The van der Waals surface area contributed by atoms with Crippen molar-refractivity contribution >= 4 is 44.2 Å². The Morgan fingerprint density at radius 2 is 0.930 bits per heavy atom. The molecule has 0 saturated carbocycles. The average molecular weight is 728 g/mol. The van der Waals surface area contributed by atoms with Crippen molar-refractivity contribution in [2.24, 2.45) is 0 Å². The zero-order chi connectivity index (χ0) is 38.0. The van der Waals surface area contributed by atoms with Crippen molar-refractivity contribution in [3.05, 3.63) is 242 Å². The van der Waals surface area contributed by atoms with E-state index >= 15 is 0 Å². The Balaban J connectivity index is 1.05. The smallest absolute Gasteiger partial charge is 0.0462 e. The first-order valence-electron chi connectivity index (χ1n) is 19.9. The van der Waals surface area contributed by atoms with Gasteiger partial charge in [-0.25, -0.2) is 0 Å². The van der Waals surface area contributed by atoms with Crippen molar-refractivity contribution in [3.63, 3.8) is 0 Å². The third-order valence-corrected chi connectivity index (χ3v) is 11.4. The lowest BCUT2D eigenvalue weighted by atomic mass is 9.87. The van der Waals surface area contributed by atoms with Crippen LogP contribution in [-0.2, 0) is 0 Å². The molecule has 0 amide bonds. The fourth-order valence-electron chi connectivity index (χ4n) is 8.52. The number of fused-ring (bicyclic) bond motifs is 2. The van der Waals surface area contributed by atoms with Crippen LogP contribution >= 0.6 is 0 Å². The van der Waals surface area contributed by atoms with E-state index in [0.29, 0.717) is 5.92 Å². The van der Waals surface area contributed by atoms with E-state index in [-0.39, 0.29) is 0 Å². The van der Waals surface area contributed by atoms with Crippen molar-refractivity contribution in [2.75, 3.05) is 4.90 Å². The molecule has 0 fully saturated rings. The van der Waals surface area contributed by atoms with E-state index in [2.05, 4.69) is 235 Å². The Morgan fingerprint density at radius 3 is 1.56 bits per heavy atom. The molecule has 10 rings (SSSR count). The summed E-state index contributed by atoms with van der Waals surface area (Å²) in [5.41, 5.74) is 14.5. The summed E-state index contributed by atoms with van der Waals surface area (Å²) in [5, 5.41) is 5.02. The number of benzene rings is 9. The van der Waals surface area contributed by atoms with Crippen molar-refractivity contribution in [1.82, 2.24) is 0 Å². The first kappa shape index (κ1) is 34.3. The zero-order valence-corrected chi connectivity index (χ0v) is 31.7. The Hall–Kier alpha value is -7.22. The van der Waals surface area contributed by atoms with Gasteiger partial charge in [-0.2, -0.15) is 0 Å². The standard InChI is InChI=1S/C56H41N/c1-4-13-40(14-5-1)42-23-25-43(26-24-42)45-29-35-51(36-30-45)57(50-33-27-44(28-34-50)41-15-6-2-7-16-41)52-37-31-47(32-38-52)55-54-21-11-10-19-48(54)39-49-20-12-22-53(56(49)55)46-17-8-3-9-18-46/h1-23,25-39,42H,24H2. The molecule has 9 aromatic carbocycles. The molecule has 0 radical (unpaired) electrons. The Morgan fingerprint density at radius 1 is 0.404 bits per heavy atom. The molecule has 0 aliphatic heterocycles. The molecule has 1 atom stereocenters. The quantitative estimate of drug-likeness (QED) is 0.141. The Bertz CT molecular complexity index is 2870. The van der Waals surface area contributed by atoms with Gasteiger partial charge in [0.25, 0.3) is 0 Å². The van der Waals surface area contributed by atoms with Crippen LogP contribution in [0.5, 0.6) is 0 Å². The van der Waals surface area contributed by atoms with Crippen molar-refractivity contribution in [2.45, 2.75) is 12.3 Å². The molecular weight excluding hydrogens is 687 g/mol. The predicted molar refractivity (Wildman–Crippen MR) is 243 cm³/mol. The molecule has 1 nitrogen and oxygen atoms in total. The lowest BCUT2D eigenvalue weighted by Crippen LogP contribution is -2.10. The van der Waals surface area contributed by atoms with Gasteiger partial charge in [0.1, 0.15) is 0 Å². The molecule has 1 heteroatoms. The average Bonchev–Trinajstić information content (AvgIpc) is 3.30. The maximum Gasteiger partial charge on any atom is 0.0462 e. The monoisotopic (exact) mass is 727 g/mol. The topological polar surface area (TPSA) is 3.24 Å². The normalized spacial score (nSPS) is 13.8. The van der Waals surface area contributed by atoms with Crippen molar-refractivity contribution in [3.8, 4) is 33.4 Å². The first-order chi connectivity index (χ1) is 28.3. The zero-order valence-electron chi connectivity index (χ0n) is 31.7. The molecule has 0 spiro atoms. The second-order valence-corrected chi connectivity index (χ2v) is 14.9. The van der Waals surface area contributed by atoms with Crippen LogP contribution in [0.4, 0.5) is 17.1 Å². The third kappa shape index (κ3) is 6.75. The van der Waals surface area contributed by atoms with E-state index in [9.17, 15) is 0 Å². The molecule has 9 aromatic rings. The molecule has 0 heterocycles. The molecule has 0 saturated heterocycles. The van der Waals surface area contributed by atoms with Crippen LogP contribution in [0.25, 0.3) is 60.5 Å². The van der Waals surface area contributed by atoms with E-state index in [4.69, 9.17) is 0 Å². The summed E-state index contributed by atoms with van der Waals surface area (Å²) in [7, 11) is 0. The molecule has 1 unspecified atom stereocenters. The van der Waals surface area contributed by atoms with Crippen LogP contribution in [0.15, 0.2) is 231 Å². The SMILES string of the molecule is C1=CC(c2ccccc2)CC=C1c1ccc(N(c2ccc(-c3ccccc3)cc2)c2ccc(-c3c4ccccc4cc4cccc(-c5ccccc5)c34)cc2)cc1. The Labute approximate surface area is 335 Å². The molecule has 57 heavy (non-hydrogen) atoms. The fourth-order valence-corrected chi connectivity index (χ4v) is 8.52. The van der Waals surface area contributed by atoms with E-state index in [0.717, 1.165) is 23.5 Å². The minimum atomic E-state index is 0.420. The lowest BCUT2D eigenvalue weighted by molar-refractivity contribution is 0.856. The molecule has 0 aromatic heterocycles. The van der Waals surface area contributed by atoms with Crippen LogP contribution in [0.3, 0.4) is 0 Å². The second kappa shape index (κ2) is 15.1. The minimum Gasteiger partial charge on any atom is -0.311 e. The second-order valence-electron chi connectivity index (χ2n) is 14.9. The van der Waals surface area contributed by atoms with Gasteiger partial charge in [-0.05, 0) is 121 Å². The molecule has 1 aliphatic rings. The highest BCUT2D eigenvalue weighted by Gasteiger charge is 2.18. The summed E-state index contributed by atoms with van der Waals surface area (Å²) in [6.07, 6.45) is 8.02. The molecule has 0 N–H and O–H groups in total. The maximum absolute atomic E-state index is 2.38. The van der Waals surface area contributed by atoms with Gasteiger partial charge in [0, 0.05) is 23.0 Å². The summed E-state index contributed by atoms with van der Waals surface area (Å²) < 4.78 is 0. The van der Waals surface area contributed by atoms with E-state index in [1.807, 2.05) is 0 Å². The molecule has 270 valence electrons. The van der Waals surface area contributed by atoms with E-state index in [1.54, 1.807) is 0 Å². The number of hydrogen-bond acceptors (Lipinski definition) is 1.